The lowest BCUT2D eigenvalue weighted by molar-refractivity contribution is -0.144. The molecule has 68 valence electrons. The number of hydrogen-bond acceptors (Lipinski definition) is 2. The molecule has 2 rings (SSSR count). The monoisotopic (exact) mass is 169 g/mol. The molecular formula is C9H15NO2. The van der Waals surface area contributed by atoms with E-state index in [9.17, 15) is 4.79 Å². The standard InChI is InChI=1S/C9H15NO2/c11-8(12)7-5-10-6-9(7)3-1-2-4-9/h7,10H,1-6H2,(H,11,12)/t7-/m0/s1. The molecule has 1 aliphatic heterocycles. The van der Waals surface area contributed by atoms with E-state index in [1.165, 1.54) is 12.8 Å². The topological polar surface area (TPSA) is 49.3 Å². The van der Waals surface area contributed by atoms with Gasteiger partial charge in [0.05, 0.1) is 5.92 Å². The average molecular weight is 169 g/mol. The molecule has 0 aromatic heterocycles. The van der Waals surface area contributed by atoms with Gasteiger partial charge in [-0.1, -0.05) is 12.8 Å². The second kappa shape index (κ2) is 2.73. The summed E-state index contributed by atoms with van der Waals surface area (Å²) in [6.45, 7) is 1.60. The molecule has 0 radical (unpaired) electrons. The summed E-state index contributed by atoms with van der Waals surface area (Å²) >= 11 is 0. The minimum absolute atomic E-state index is 0.117. The Balaban J connectivity index is 2.17. The molecule has 1 aliphatic carbocycles. The Morgan fingerprint density at radius 1 is 1.42 bits per heavy atom. The van der Waals surface area contributed by atoms with E-state index in [4.69, 9.17) is 5.11 Å². The highest BCUT2D eigenvalue weighted by molar-refractivity contribution is 5.72. The number of carbonyl (C=O) groups is 1. The first-order valence-electron chi connectivity index (χ1n) is 4.68. The molecule has 0 amide bonds. The van der Waals surface area contributed by atoms with E-state index in [1.54, 1.807) is 0 Å². The predicted octanol–water partition coefficient (Wildman–Crippen LogP) is 0.851. The molecule has 0 unspecified atom stereocenters. The van der Waals surface area contributed by atoms with Crippen molar-refractivity contribution in [1.29, 1.82) is 0 Å². The molecule has 1 atom stereocenters. The zero-order chi connectivity index (χ0) is 8.60. The van der Waals surface area contributed by atoms with E-state index in [2.05, 4.69) is 5.32 Å². The molecule has 0 bridgehead atoms. The lowest BCUT2D eigenvalue weighted by Gasteiger charge is -2.26. The van der Waals surface area contributed by atoms with Gasteiger partial charge in [0.15, 0.2) is 0 Å². The summed E-state index contributed by atoms with van der Waals surface area (Å²) in [5, 5.41) is 12.2. The minimum atomic E-state index is -0.609. The maximum absolute atomic E-state index is 10.9. The minimum Gasteiger partial charge on any atom is -0.481 e. The van der Waals surface area contributed by atoms with Gasteiger partial charge < -0.3 is 10.4 Å². The lowest BCUT2D eigenvalue weighted by Crippen LogP contribution is -2.32. The van der Waals surface area contributed by atoms with Gasteiger partial charge in [0.2, 0.25) is 0 Å². The van der Waals surface area contributed by atoms with Crippen LogP contribution in [0.2, 0.25) is 0 Å². The van der Waals surface area contributed by atoms with Gasteiger partial charge >= 0.3 is 5.97 Å². The third-order valence-electron chi connectivity index (χ3n) is 3.46. The van der Waals surface area contributed by atoms with Gasteiger partial charge in [-0.15, -0.1) is 0 Å². The molecule has 1 saturated heterocycles. The summed E-state index contributed by atoms with van der Waals surface area (Å²) < 4.78 is 0. The Labute approximate surface area is 72.2 Å². The maximum atomic E-state index is 10.9. The fourth-order valence-corrected chi connectivity index (χ4v) is 2.76. The van der Waals surface area contributed by atoms with Crippen molar-refractivity contribution in [3.63, 3.8) is 0 Å². The molecule has 0 aromatic carbocycles. The van der Waals surface area contributed by atoms with Gasteiger partial charge in [-0.25, -0.2) is 0 Å². The number of carboxylic acid groups (broad SMARTS) is 1. The van der Waals surface area contributed by atoms with Crippen LogP contribution in [0.3, 0.4) is 0 Å². The first-order chi connectivity index (χ1) is 5.75. The number of carboxylic acids is 1. The first kappa shape index (κ1) is 8.05. The lowest BCUT2D eigenvalue weighted by atomic mass is 9.77. The molecule has 1 saturated carbocycles. The van der Waals surface area contributed by atoms with E-state index in [-0.39, 0.29) is 11.3 Å². The third-order valence-corrected chi connectivity index (χ3v) is 3.46. The molecule has 0 aromatic rings. The zero-order valence-corrected chi connectivity index (χ0v) is 7.18. The van der Waals surface area contributed by atoms with Crippen molar-refractivity contribution >= 4 is 5.97 Å². The number of nitrogens with one attached hydrogen (secondary N) is 1. The summed E-state index contributed by atoms with van der Waals surface area (Å²) in [4.78, 5) is 10.9. The summed E-state index contributed by atoms with van der Waals surface area (Å²) in [7, 11) is 0. The second-order valence-electron chi connectivity index (χ2n) is 4.09. The van der Waals surface area contributed by atoms with E-state index >= 15 is 0 Å². The van der Waals surface area contributed by atoms with Crippen molar-refractivity contribution in [2.75, 3.05) is 13.1 Å². The normalized spacial score (nSPS) is 32.8. The van der Waals surface area contributed by atoms with Crippen molar-refractivity contribution in [2.24, 2.45) is 11.3 Å². The van der Waals surface area contributed by atoms with Crippen LogP contribution in [-0.4, -0.2) is 24.2 Å². The molecule has 1 spiro atoms. The molecule has 1 heterocycles. The molecule has 3 heteroatoms. The average Bonchev–Trinajstić information content (AvgIpc) is 2.61. The van der Waals surface area contributed by atoms with E-state index in [1.807, 2.05) is 0 Å². The van der Waals surface area contributed by atoms with Crippen LogP contribution in [0.5, 0.6) is 0 Å². The molecule has 2 aliphatic rings. The van der Waals surface area contributed by atoms with Crippen LogP contribution in [0.1, 0.15) is 25.7 Å². The number of aliphatic carboxylic acids is 1. The van der Waals surface area contributed by atoms with Crippen molar-refractivity contribution in [1.82, 2.24) is 5.32 Å². The van der Waals surface area contributed by atoms with Crippen LogP contribution >= 0.6 is 0 Å². The van der Waals surface area contributed by atoms with E-state index in [0.29, 0.717) is 6.54 Å². The Hall–Kier alpha value is -0.570. The molecule has 3 nitrogen and oxygen atoms in total. The van der Waals surface area contributed by atoms with Gasteiger partial charge in [-0.3, -0.25) is 4.79 Å². The number of hydrogen-bond donors (Lipinski definition) is 2. The van der Waals surface area contributed by atoms with Crippen LogP contribution in [0.25, 0.3) is 0 Å². The van der Waals surface area contributed by atoms with Crippen LogP contribution < -0.4 is 5.32 Å². The van der Waals surface area contributed by atoms with Crippen molar-refractivity contribution in [2.45, 2.75) is 25.7 Å². The zero-order valence-electron chi connectivity index (χ0n) is 7.18. The van der Waals surface area contributed by atoms with Gasteiger partial charge in [0.25, 0.3) is 0 Å². The fraction of sp³-hybridized carbons (Fsp3) is 0.889. The summed E-state index contributed by atoms with van der Waals surface area (Å²) in [6.07, 6.45) is 4.64. The Bertz CT molecular complexity index is 191. The highest BCUT2D eigenvalue weighted by atomic mass is 16.4. The van der Waals surface area contributed by atoms with Gasteiger partial charge in [-0.2, -0.15) is 0 Å². The van der Waals surface area contributed by atoms with Crippen LogP contribution in [0.4, 0.5) is 0 Å². The fourth-order valence-electron chi connectivity index (χ4n) is 2.76. The van der Waals surface area contributed by atoms with Crippen LogP contribution in [-0.2, 0) is 4.79 Å². The molecular weight excluding hydrogens is 154 g/mol. The summed E-state index contributed by atoms with van der Waals surface area (Å²) in [6, 6.07) is 0. The highest BCUT2D eigenvalue weighted by Gasteiger charge is 2.48. The smallest absolute Gasteiger partial charge is 0.308 e. The summed E-state index contributed by atoms with van der Waals surface area (Å²) in [5.41, 5.74) is 0.117. The SMILES string of the molecule is O=C(O)[C@@H]1CNCC12CCCC2. The Morgan fingerprint density at radius 2 is 2.08 bits per heavy atom. The van der Waals surface area contributed by atoms with Gasteiger partial charge in [0.1, 0.15) is 0 Å². The second-order valence-corrected chi connectivity index (χ2v) is 4.09. The van der Waals surface area contributed by atoms with E-state index in [0.717, 1.165) is 19.4 Å². The van der Waals surface area contributed by atoms with Crippen LogP contribution in [0.15, 0.2) is 0 Å². The largest absolute Gasteiger partial charge is 0.481 e. The molecule has 2 fully saturated rings. The third kappa shape index (κ3) is 1.04. The molecule has 2 N–H and O–H groups in total. The first-order valence-corrected chi connectivity index (χ1v) is 4.68. The van der Waals surface area contributed by atoms with Gasteiger partial charge in [0, 0.05) is 13.1 Å². The summed E-state index contributed by atoms with van der Waals surface area (Å²) in [5.74, 6) is -0.734. The Morgan fingerprint density at radius 3 is 2.67 bits per heavy atom. The van der Waals surface area contributed by atoms with E-state index < -0.39 is 5.97 Å². The Kier molecular flexibility index (Phi) is 1.83. The van der Waals surface area contributed by atoms with Crippen molar-refractivity contribution in [3.05, 3.63) is 0 Å². The highest BCUT2D eigenvalue weighted by Crippen LogP contribution is 2.46. The quantitative estimate of drug-likeness (QED) is 0.612. The predicted molar refractivity (Wildman–Crippen MR) is 44.9 cm³/mol. The van der Waals surface area contributed by atoms with Gasteiger partial charge in [-0.05, 0) is 18.3 Å². The number of rotatable bonds is 1. The maximum Gasteiger partial charge on any atom is 0.308 e. The van der Waals surface area contributed by atoms with Crippen molar-refractivity contribution < 1.29 is 9.90 Å². The van der Waals surface area contributed by atoms with Crippen molar-refractivity contribution in [3.8, 4) is 0 Å². The van der Waals surface area contributed by atoms with Crippen LogP contribution in [0, 0.1) is 11.3 Å². The molecule has 12 heavy (non-hydrogen) atoms.